The van der Waals surface area contributed by atoms with Crippen molar-refractivity contribution >= 4 is 6.29 Å². The summed E-state index contributed by atoms with van der Waals surface area (Å²) in [6, 6.07) is 15.7. The average Bonchev–Trinajstić information content (AvgIpc) is 2.35. The standard InChI is InChI=1S/C9H10O2.C6H4/c1-2-11-9-6-4-3-5-8(9)7-10;1-2-6-4-3-5(1)6/h3-7H,2H2,1H3;1-4H. The monoisotopic (exact) mass is 226 g/mol. The minimum Gasteiger partial charge on any atom is -0.493 e. The minimum atomic E-state index is 0.588. The number of rotatable bonds is 3. The Hall–Kier alpha value is -2.09. The third-order valence-corrected chi connectivity index (χ3v) is 2.56. The highest BCUT2D eigenvalue weighted by Gasteiger charge is 2.04. The van der Waals surface area contributed by atoms with Gasteiger partial charge in [0.1, 0.15) is 5.75 Å². The highest BCUT2D eigenvalue weighted by molar-refractivity contribution is 5.79. The quantitative estimate of drug-likeness (QED) is 0.638. The van der Waals surface area contributed by atoms with Gasteiger partial charge in [-0.15, -0.1) is 0 Å². The fourth-order valence-corrected chi connectivity index (χ4v) is 1.53. The normalized spacial score (nSPS) is 9.94. The zero-order valence-corrected chi connectivity index (χ0v) is 9.72. The molecule has 2 aliphatic carbocycles. The van der Waals surface area contributed by atoms with Crippen LogP contribution in [0.15, 0.2) is 48.5 Å². The molecule has 2 nitrogen and oxygen atoms in total. The van der Waals surface area contributed by atoms with Crippen molar-refractivity contribution in [3.63, 3.8) is 0 Å². The second-order valence-corrected chi connectivity index (χ2v) is 3.67. The predicted octanol–water partition coefficient (Wildman–Crippen LogP) is 3.56. The number of benzene rings is 2. The fourth-order valence-electron chi connectivity index (χ4n) is 1.53. The van der Waals surface area contributed by atoms with E-state index in [1.165, 1.54) is 11.1 Å². The molecule has 0 bridgehead atoms. The van der Waals surface area contributed by atoms with Gasteiger partial charge in [-0.3, -0.25) is 4.79 Å². The Morgan fingerprint density at radius 3 is 2.00 bits per heavy atom. The van der Waals surface area contributed by atoms with Gasteiger partial charge in [0, 0.05) is 0 Å². The molecule has 0 unspecified atom stereocenters. The summed E-state index contributed by atoms with van der Waals surface area (Å²) in [5.74, 6) is 0.657. The third kappa shape index (κ3) is 2.53. The highest BCUT2D eigenvalue weighted by atomic mass is 16.5. The Balaban J connectivity index is 0.000000148. The molecule has 0 fully saturated rings. The number of fused-ring (bicyclic) bond motifs is 1. The first-order valence-electron chi connectivity index (χ1n) is 5.62. The van der Waals surface area contributed by atoms with Crippen LogP contribution in [0.3, 0.4) is 0 Å². The van der Waals surface area contributed by atoms with Crippen molar-refractivity contribution < 1.29 is 9.53 Å². The lowest BCUT2D eigenvalue weighted by atomic mass is 9.95. The molecule has 2 heteroatoms. The molecular formula is C15H14O2. The zero-order valence-electron chi connectivity index (χ0n) is 9.72. The van der Waals surface area contributed by atoms with Crippen LogP contribution in [0.25, 0.3) is 11.1 Å². The second-order valence-electron chi connectivity index (χ2n) is 3.67. The van der Waals surface area contributed by atoms with Crippen molar-refractivity contribution in [2.24, 2.45) is 0 Å². The number of para-hydroxylation sites is 1. The van der Waals surface area contributed by atoms with Crippen molar-refractivity contribution in [3.8, 4) is 16.9 Å². The third-order valence-electron chi connectivity index (χ3n) is 2.56. The van der Waals surface area contributed by atoms with E-state index in [0.717, 1.165) is 6.29 Å². The average molecular weight is 226 g/mol. The number of carbonyl (C=O) groups excluding carboxylic acids is 1. The van der Waals surface area contributed by atoms with Gasteiger partial charge in [0.25, 0.3) is 0 Å². The van der Waals surface area contributed by atoms with Crippen LogP contribution < -0.4 is 4.74 Å². The van der Waals surface area contributed by atoms with Crippen molar-refractivity contribution in [3.05, 3.63) is 54.1 Å². The summed E-state index contributed by atoms with van der Waals surface area (Å²) in [6.45, 7) is 2.48. The first-order chi connectivity index (χ1) is 8.35. The summed E-state index contributed by atoms with van der Waals surface area (Å²) < 4.78 is 5.20. The predicted molar refractivity (Wildman–Crippen MR) is 68.4 cm³/mol. The smallest absolute Gasteiger partial charge is 0.153 e. The number of aldehydes is 1. The number of hydrogen-bond donors (Lipinski definition) is 0. The van der Waals surface area contributed by atoms with E-state index in [-0.39, 0.29) is 0 Å². The Morgan fingerprint density at radius 2 is 1.59 bits per heavy atom. The molecule has 0 heterocycles. The molecule has 0 N–H and O–H groups in total. The van der Waals surface area contributed by atoms with Crippen LogP contribution in [0.4, 0.5) is 0 Å². The molecule has 2 aliphatic rings. The summed E-state index contributed by atoms with van der Waals surface area (Å²) in [4.78, 5) is 10.4. The van der Waals surface area contributed by atoms with E-state index < -0.39 is 0 Å². The zero-order chi connectivity index (χ0) is 12.1. The summed E-state index contributed by atoms with van der Waals surface area (Å²) >= 11 is 0. The van der Waals surface area contributed by atoms with E-state index in [2.05, 4.69) is 24.3 Å². The SMILES string of the molecule is CCOc1ccccc1C=O.c1cc2ccc1-2. The Bertz CT molecular complexity index is 480. The Kier molecular flexibility index (Phi) is 3.55. The molecule has 0 saturated heterocycles. The van der Waals surface area contributed by atoms with Gasteiger partial charge in [0.15, 0.2) is 6.29 Å². The number of carbonyl (C=O) groups is 1. The molecule has 0 aromatic heterocycles. The van der Waals surface area contributed by atoms with Crippen molar-refractivity contribution in [1.29, 1.82) is 0 Å². The molecule has 0 amide bonds. The molecule has 0 spiro atoms. The van der Waals surface area contributed by atoms with Gasteiger partial charge in [0.2, 0.25) is 0 Å². The van der Waals surface area contributed by atoms with Gasteiger partial charge >= 0.3 is 0 Å². The molecule has 17 heavy (non-hydrogen) atoms. The van der Waals surface area contributed by atoms with Crippen molar-refractivity contribution in [2.45, 2.75) is 6.92 Å². The molecule has 0 saturated carbocycles. The minimum absolute atomic E-state index is 0.588. The van der Waals surface area contributed by atoms with Crippen LogP contribution in [-0.4, -0.2) is 12.9 Å². The maximum atomic E-state index is 10.4. The molecule has 0 aliphatic heterocycles. The van der Waals surface area contributed by atoms with E-state index in [0.29, 0.717) is 17.9 Å². The molecule has 3 rings (SSSR count). The largest absolute Gasteiger partial charge is 0.493 e. The summed E-state index contributed by atoms with van der Waals surface area (Å²) in [5, 5.41) is 0. The Labute approximate surface area is 101 Å². The van der Waals surface area contributed by atoms with Gasteiger partial charge in [-0.2, -0.15) is 0 Å². The summed E-state index contributed by atoms with van der Waals surface area (Å²) in [7, 11) is 0. The molecule has 0 atom stereocenters. The molecular weight excluding hydrogens is 212 g/mol. The van der Waals surface area contributed by atoms with Crippen LogP contribution in [0, 0.1) is 0 Å². The maximum Gasteiger partial charge on any atom is 0.153 e. The first kappa shape index (κ1) is 11.4. The van der Waals surface area contributed by atoms with E-state index in [1.807, 2.05) is 19.1 Å². The van der Waals surface area contributed by atoms with Crippen LogP contribution in [0.2, 0.25) is 0 Å². The van der Waals surface area contributed by atoms with E-state index in [4.69, 9.17) is 4.74 Å². The van der Waals surface area contributed by atoms with E-state index in [9.17, 15) is 4.79 Å². The molecule has 0 radical (unpaired) electrons. The molecule has 1 aromatic carbocycles. The Morgan fingerprint density at radius 1 is 1.00 bits per heavy atom. The lowest BCUT2D eigenvalue weighted by Crippen LogP contribution is -1.94. The van der Waals surface area contributed by atoms with Gasteiger partial charge in [-0.25, -0.2) is 0 Å². The lowest BCUT2D eigenvalue weighted by molar-refractivity contribution is 0.112. The fraction of sp³-hybridized carbons (Fsp3) is 0.133. The topological polar surface area (TPSA) is 26.3 Å². The second kappa shape index (κ2) is 5.30. The van der Waals surface area contributed by atoms with Crippen LogP contribution >= 0.6 is 0 Å². The van der Waals surface area contributed by atoms with Crippen LogP contribution in [0.5, 0.6) is 5.75 Å². The maximum absolute atomic E-state index is 10.4. The molecule has 1 aromatic rings. The number of ether oxygens (including phenoxy) is 1. The summed E-state index contributed by atoms with van der Waals surface area (Å²) in [6.07, 6.45) is 0.797. The van der Waals surface area contributed by atoms with Crippen LogP contribution in [-0.2, 0) is 0 Å². The van der Waals surface area contributed by atoms with E-state index in [1.54, 1.807) is 12.1 Å². The van der Waals surface area contributed by atoms with Gasteiger partial charge in [-0.1, -0.05) is 36.4 Å². The van der Waals surface area contributed by atoms with Gasteiger partial charge < -0.3 is 4.74 Å². The van der Waals surface area contributed by atoms with E-state index >= 15 is 0 Å². The number of hydrogen-bond acceptors (Lipinski definition) is 2. The van der Waals surface area contributed by atoms with Crippen molar-refractivity contribution in [2.75, 3.05) is 6.61 Å². The van der Waals surface area contributed by atoms with Gasteiger partial charge in [0.05, 0.1) is 12.2 Å². The summed E-state index contributed by atoms with van der Waals surface area (Å²) in [5.41, 5.74) is 3.46. The lowest BCUT2D eigenvalue weighted by Gasteiger charge is -2.10. The first-order valence-corrected chi connectivity index (χ1v) is 5.62. The van der Waals surface area contributed by atoms with Crippen LogP contribution in [0.1, 0.15) is 17.3 Å². The molecule has 86 valence electrons. The van der Waals surface area contributed by atoms with Crippen molar-refractivity contribution in [1.82, 2.24) is 0 Å². The highest BCUT2D eigenvalue weighted by Crippen LogP contribution is 2.29. The van der Waals surface area contributed by atoms with Gasteiger partial charge in [-0.05, 0) is 30.2 Å².